The zero-order chi connectivity index (χ0) is 11.2. The molecule has 0 bridgehead atoms. The van der Waals surface area contributed by atoms with Gasteiger partial charge in [0.25, 0.3) is 9.76 Å². The second-order valence-corrected chi connectivity index (χ2v) is 4.86. The highest BCUT2D eigenvalue weighted by molar-refractivity contribution is 6.51. The summed E-state index contributed by atoms with van der Waals surface area (Å²) >= 11 is 0. The monoisotopic (exact) mass is 228 g/mol. The fourth-order valence-electron chi connectivity index (χ4n) is 1.66. The van der Waals surface area contributed by atoms with Crippen molar-refractivity contribution in [2.45, 2.75) is 19.8 Å². The Morgan fingerprint density at radius 2 is 1.88 bits per heavy atom. The molecule has 0 spiro atoms. The van der Waals surface area contributed by atoms with Gasteiger partial charge in [-0.25, -0.2) is 0 Å². The van der Waals surface area contributed by atoms with Crippen LogP contribution >= 0.6 is 0 Å². The first-order valence-electron chi connectivity index (χ1n) is 5.77. The van der Waals surface area contributed by atoms with Crippen LogP contribution in [0.1, 0.15) is 19.8 Å². The Kier molecular flexibility index (Phi) is 4.14. The Hall–Kier alpha value is -1.12. The van der Waals surface area contributed by atoms with E-state index < -0.39 is 0 Å². The summed E-state index contributed by atoms with van der Waals surface area (Å²) < 4.78 is 5.70. The van der Waals surface area contributed by atoms with Crippen molar-refractivity contribution in [3.8, 4) is 0 Å². The number of unbranched alkanes of at least 4 members (excludes halogenated alkanes) is 1. The molecule has 82 valence electrons. The van der Waals surface area contributed by atoms with Crippen molar-refractivity contribution < 1.29 is 4.43 Å². The topological polar surface area (TPSA) is 9.23 Å². The lowest BCUT2D eigenvalue weighted by atomic mass is 10.1. The van der Waals surface area contributed by atoms with Crippen LogP contribution in [-0.4, -0.2) is 16.4 Å². The molecule has 1 nitrogen and oxygen atoms in total. The lowest BCUT2D eigenvalue weighted by Gasteiger charge is -2.05. The highest BCUT2D eigenvalue weighted by Crippen LogP contribution is 2.10. The second-order valence-electron chi connectivity index (χ2n) is 3.83. The minimum absolute atomic E-state index is 0.468. The van der Waals surface area contributed by atoms with E-state index >= 15 is 0 Å². The first-order chi connectivity index (χ1) is 7.92. The second kappa shape index (κ2) is 5.82. The summed E-state index contributed by atoms with van der Waals surface area (Å²) in [6.07, 6.45) is 2.35. The van der Waals surface area contributed by atoms with E-state index in [0.29, 0.717) is 9.76 Å². The largest absolute Gasteiger partial charge is 0.411 e. The van der Waals surface area contributed by atoms with Gasteiger partial charge in [-0.05, 0) is 22.4 Å². The zero-order valence-electron chi connectivity index (χ0n) is 9.57. The molecule has 0 amide bonds. The minimum atomic E-state index is 0.468. The molecule has 0 aliphatic rings. The van der Waals surface area contributed by atoms with Crippen LogP contribution in [0.5, 0.6) is 0 Å². The Morgan fingerprint density at radius 3 is 2.75 bits per heavy atom. The molecule has 2 aromatic rings. The lowest BCUT2D eigenvalue weighted by Crippen LogP contribution is -2.18. The normalized spacial score (nSPS) is 10.8. The van der Waals surface area contributed by atoms with Gasteiger partial charge in [0.15, 0.2) is 0 Å². The SMILES string of the molecule is CCCCO[Si]c1cccc2ccccc12. The van der Waals surface area contributed by atoms with Crippen LogP contribution in [0.15, 0.2) is 42.5 Å². The molecule has 0 aliphatic heterocycles. The van der Waals surface area contributed by atoms with E-state index in [4.69, 9.17) is 4.43 Å². The van der Waals surface area contributed by atoms with Crippen LogP contribution in [0, 0.1) is 0 Å². The van der Waals surface area contributed by atoms with Gasteiger partial charge in [0.2, 0.25) is 0 Å². The highest BCUT2D eigenvalue weighted by Gasteiger charge is 2.01. The van der Waals surface area contributed by atoms with Gasteiger partial charge >= 0.3 is 0 Å². The third kappa shape index (κ3) is 2.71. The number of hydrogen-bond acceptors (Lipinski definition) is 1. The van der Waals surface area contributed by atoms with Crippen LogP contribution in [0.4, 0.5) is 0 Å². The maximum Gasteiger partial charge on any atom is 0.269 e. The molecule has 2 aromatic carbocycles. The van der Waals surface area contributed by atoms with Gasteiger partial charge in [0, 0.05) is 6.61 Å². The van der Waals surface area contributed by atoms with E-state index in [9.17, 15) is 0 Å². The van der Waals surface area contributed by atoms with Crippen LogP contribution in [0.2, 0.25) is 0 Å². The van der Waals surface area contributed by atoms with Crippen molar-refractivity contribution in [2.24, 2.45) is 0 Å². The first kappa shape index (κ1) is 11.4. The summed E-state index contributed by atoms with van der Waals surface area (Å²) in [7, 11) is 0.468. The highest BCUT2D eigenvalue weighted by atomic mass is 28.2. The van der Waals surface area contributed by atoms with Gasteiger partial charge in [-0.3, -0.25) is 0 Å². The fraction of sp³-hybridized carbons (Fsp3) is 0.286. The summed E-state index contributed by atoms with van der Waals surface area (Å²) in [5.41, 5.74) is 0. The molecule has 0 aliphatic carbocycles. The molecule has 0 unspecified atom stereocenters. The van der Waals surface area contributed by atoms with Crippen molar-refractivity contribution in [3.05, 3.63) is 42.5 Å². The summed E-state index contributed by atoms with van der Waals surface area (Å²) in [6.45, 7) is 3.06. The number of hydrogen-bond donors (Lipinski definition) is 0. The quantitative estimate of drug-likeness (QED) is 0.565. The lowest BCUT2D eigenvalue weighted by molar-refractivity contribution is 0.332. The molecule has 2 rings (SSSR count). The van der Waals surface area contributed by atoms with Crippen molar-refractivity contribution in [1.82, 2.24) is 0 Å². The van der Waals surface area contributed by atoms with Gasteiger partial charge in [-0.1, -0.05) is 55.8 Å². The van der Waals surface area contributed by atoms with Crippen LogP contribution < -0.4 is 5.19 Å². The van der Waals surface area contributed by atoms with Crippen molar-refractivity contribution >= 4 is 25.7 Å². The summed E-state index contributed by atoms with van der Waals surface area (Å²) in [4.78, 5) is 0. The standard InChI is InChI=1S/C14H16OSi/c1-2-3-11-15-16-14-10-6-8-12-7-4-5-9-13(12)14/h4-10H,2-3,11H2,1H3. The summed E-state index contributed by atoms with van der Waals surface area (Å²) in [6, 6.07) is 14.9. The molecule has 2 radical (unpaired) electrons. The minimum Gasteiger partial charge on any atom is -0.411 e. The fourth-order valence-corrected chi connectivity index (χ4v) is 2.56. The Balaban J connectivity index is 2.11. The molecule has 0 saturated carbocycles. The average molecular weight is 228 g/mol. The Labute approximate surface area is 99.4 Å². The smallest absolute Gasteiger partial charge is 0.269 e. The molecule has 16 heavy (non-hydrogen) atoms. The van der Waals surface area contributed by atoms with Gasteiger partial charge in [0.1, 0.15) is 0 Å². The molecule has 0 N–H and O–H groups in total. The molecule has 2 heteroatoms. The Bertz CT molecular complexity index is 448. The number of fused-ring (bicyclic) bond motifs is 1. The van der Waals surface area contributed by atoms with E-state index in [1.54, 1.807) is 0 Å². The van der Waals surface area contributed by atoms with Crippen molar-refractivity contribution in [1.29, 1.82) is 0 Å². The number of benzene rings is 2. The third-order valence-electron chi connectivity index (χ3n) is 2.57. The van der Waals surface area contributed by atoms with Gasteiger partial charge < -0.3 is 4.43 Å². The van der Waals surface area contributed by atoms with Crippen molar-refractivity contribution in [3.63, 3.8) is 0 Å². The van der Waals surface area contributed by atoms with Gasteiger partial charge in [-0.15, -0.1) is 0 Å². The Morgan fingerprint density at radius 1 is 1.06 bits per heavy atom. The zero-order valence-corrected chi connectivity index (χ0v) is 10.6. The number of rotatable bonds is 5. The van der Waals surface area contributed by atoms with Crippen LogP contribution in [-0.2, 0) is 4.43 Å². The predicted molar refractivity (Wildman–Crippen MR) is 70.2 cm³/mol. The molecule has 0 fully saturated rings. The van der Waals surface area contributed by atoms with E-state index in [-0.39, 0.29) is 0 Å². The molecular formula is C14H16OSi. The first-order valence-corrected chi connectivity index (χ1v) is 6.68. The molecule has 0 saturated heterocycles. The predicted octanol–water partition coefficient (Wildman–Crippen LogP) is 2.90. The van der Waals surface area contributed by atoms with E-state index in [1.807, 2.05) is 0 Å². The maximum atomic E-state index is 5.70. The summed E-state index contributed by atoms with van der Waals surface area (Å²) in [5, 5.41) is 3.93. The van der Waals surface area contributed by atoms with Gasteiger partial charge in [-0.2, -0.15) is 0 Å². The van der Waals surface area contributed by atoms with Gasteiger partial charge in [0.05, 0.1) is 0 Å². The molecule has 0 aromatic heterocycles. The summed E-state index contributed by atoms with van der Waals surface area (Å²) in [5.74, 6) is 0. The maximum absolute atomic E-state index is 5.70. The van der Waals surface area contributed by atoms with Crippen molar-refractivity contribution in [2.75, 3.05) is 6.61 Å². The third-order valence-corrected chi connectivity index (χ3v) is 3.58. The molecule has 0 heterocycles. The van der Waals surface area contributed by atoms with E-state index in [1.165, 1.54) is 22.4 Å². The van der Waals surface area contributed by atoms with E-state index in [0.717, 1.165) is 13.0 Å². The molecular weight excluding hydrogens is 212 g/mol. The van der Waals surface area contributed by atoms with E-state index in [2.05, 4.69) is 49.4 Å². The average Bonchev–Trinajstić information content (AvgIpc) is 2.35. The van der Waals surface area contributed by atoms with Crippen LogP contribution in [0.25, 0.3) is 10.8 Å². The molecule has 0 atom stereocenters. The van der Waals surface area contributed by atoms with Crippen LogP contribution in [0.3, 0.4) is 0 Å².